The lowest BCUT2D eigenvalue weighted by atomic mass is 10.2. The molecule has 0 unspecified atom stereocenters. The zero-order valence-electron chi connectivity index (χ0n) is 18.6. The molecule has 0 N–H and O–H groups in total. The van der Waals surface area contributed by atoms with Gasteiger partial charge in [0.1, 0.15) is 58.6 Å². The molecule has 3 aromatic carbocycles. The third-order valence-corrected chi connectivity index (χ3v) is 5.06. The Balaban J connectivity index is 1.68. The first kappa shape index (κ1) is 22.4. The van der Waals surface area contributed by atoms with Gasteiger partial charge in [0, 0.05) is 0 Å². The third kappa shape index (κ3) is 4.82. The van der Waals surface area contributed by atoms with E-state index in [1.54, 1.807) is 74.9 Å². The van der Waals surface area contributed by atoms with Crippen molar-refractivity contribution in [2.75, 3.05) is 14.2 Å². The molecule has 4 rings (SSSR count). The summed E-state index contributed by atoms with van der Waals surface area (Å²) < 4.78 is 22.8. The molecule has 0 bridgehead atoms. The summed E-state index contributed by atoms with van der Waals surface area (Å²) >= 11 is 0. The number of hydrogen-bond donors (Lipinski definition) is 0. The van der Waals surface area contributed by atoms with Crippen LogP contribution in [-0.2, 0) is 13.2 Å². The van der Waals surface area contributed by atoms with Gasteiger partial charge in [-0.1, -0.05) is 0 Å². The summed E-state index contributed by atoms with van der Waals surface area (Å²) in [6, 6.07) is 21.3. The van der Waals surface area contributed by atoms with Gasteiger partial charge in [-0.3, -0.25) is 0 Å². The molecule has 0 radical (unpaired) electrons. The van der Waals surface area contributed by atoms with E-state index in [0.29, 0.717) is 56.5 Å². The van der Waals surface area contributed by atoms with Crippen LogP contribution in [0, 0.1) is 22.7 Å². The minimum Gasteiger partial charge on any atom is -0.494 e. The number of benzene rings is 3. The van der Waals surface area contributed by atoms with Crippen LogP contribution in [-0.4, -0.2) is 24.2 Å². The molecule has 0 aliphatic heterocycles. The Morgan fingerprint density at radius 3 is 1.32 bits per heavy atom. The van der Waals surface area contributed by atoms with Crippen molar-refractivity contribution in [3.63, 3.8) is 0 Å². The molecule has 0 fully saturated rings. The minimum absolute atomic E-state index is 0.126. The van der Waals surface area contributed by atoms with E-state index in [2.05, 4.69) is 12.1 Å². The maximum Gasteiger partial charge on any atom is 0.146 e. The fourth-order valence-corrected chi connectivity index (χ4v) is 3.27. The van der Waals surface area contributed by atoms with Crippen molar-refractivity contribution in [2.24, 2.45) is 0 Å². The largest absolute Gasteiger partial charge is 0.494 e. The molecule has 0 atom stereocenters. The van der Waals surface area contributed by atoms with E-state index in [4.69, 9.17) is 39.4 Å². The smallest absolute Gasteiger partial charge is 0.146 e. The van der Waals surface area contributed by atoms with E-state index >= 15 is 0 Å². The standard InChI is InChI=1S/C26H20N4O4/c1-31-23-11-12-24(32-2)26-25(23)29-21(15-33-19-7-3-17(13-27)4-8-19)22(30-26)16-34-20-9-5-18(14-28)6-10-20/h3-12H,15-16H2,1-2H3. The molecule has 0 saturated carbocycles. The van der Waals surface area contributed by atoms with Crippen molar-refractivity contribution < 1.29 is 18.9 Å². The van der Waals surface area contributed by atoms with Crippen LogP contribution in [0.3, 0.4) is 0 Å². The maximum atomic E-state index is 8.99. The fraction of sp³-hybridized carbons (Fsp3) is 0.154. The fourth-order valence-electron chi connectivity index (χ4n) is 3.27. The predicted octanol–water partition coefficient (Wildman–Crippen LogP) is 4.55. The van der Waals surface area contributed by atoms with Gasteiger partial charge in [-0.2, -0.15) is 10.5 Å². The Labute approximate surface area is 196 Å². The van der Waals surface area contributed by atoms with Crippen LogP contribution in [0.25, 0.3) is 11.0 Å². The zero-order valence-corrected chi connectivity index (χ0v) is 18.6. The minimum atomic E-state index is 0.126. The van der Waals surface area contributed by atoms with Crippen LogP contribution in [0.5, 0.6) is 23.0 Å². The molecule has 0 aliphatic carbocycles. The van der Waals surface area contributed by atoms with Crippen molar-refractivity contribution in [1.82, 2.24) is 9.97 Å². The molecule has 0 spiro atoms. The van der Waals surface area contributed by atoms with E-state index in [0.717, 1.165) is 0 Å². The Morgan fingerprint density at radius 1 is 0.618 bits per heavy atom. The molecule has 168 valence electrons. The monoisotopic (exact) mass is 452 g/mol. The summed E-state index contributed by atoms with van der Waals surface area (Å²) in [5.74, 6) is 2.31. The van der Waals surface area contributed by atoms with Gasteiger partial charge < -0.3 is 18.9 Å². The van der Waals surface area contributed by atoms with Gasteiger partial charge in [-0.15, -0.1) is 0 Å². The quantitative estimate of drug-likeness (QED) is 0.383. The van der Waals surface area contributed by atoms with Gasteiger partial charge in [0.2, 0.25) is 0 Å². The summed E-state index contributed by atoms with van der Waals surface area (Å²) in [5.41, 5.74) is 3.32. The normalized spacial score (nSPS) is 10.2. The first-order valence-electron chi connectivity index (χ1n) is 10.3. The summed E-state index contributed by atoms with van der Waals surface area (Å²) in [7, 11) is 3.13. The molecule has 4 aromatic rings. The zero-order chi connectivity index (χ0) is 23.9. The highest BCUT2D eigenvalue weighted by molar-refractivity contribution is 5.86. The maximum absolute atomic E-state index is 8.99. The van der Waals surface area contributed by atoms with Gasteiger partial charge in [0.05, 0.1) is 37.5 Å². The summed E-state index contributed by atoms with van der Waals surface area (Å²) in [5, 5.41) is 18.0. The van der Waals surface area contributed by atoms with Gasteiger partial charge >= 0.3 is 0 Å². The molecule has 0 amide bonds. The van der Waals surface area contributed by atoms with Crippen LogP contribution in [0.15, 0.2) is 60.7 Å². The van der Waals surface area contributed by atoms with Gasteiger partial charge in [0.15, 0.2) is 0 Å². The Bertz CT molecular complexity index is 1280. The van der Waals surface area contributed by atoms with Crippen LogP contribution in [0.1, 0.15) is 22.5 Å². The predicted molar refractivity (Wildman–Crippen MR) is 124 cm³/mol. The van der Waals surface area contributed by atoms with E-state index in [9.17, 15) is 0 Å². The number of methoxy groups -OCH3 is 2. The first-order chi connectivity index (χ1) is 16.6. The molecule has 34 heavy (non-hydrogen) atoms. The highest BCUT2D eigenvalue weighted by Gasteiger charge is 2.17. The van der Waals surface area contributed by atoms with Crippen molar-refractivity contribution >= 4 is 11.0 Å². The second-order valence-electron chi connectivity index (χ2n) is 7.13. The number of ether oxygens (including phenoxy) is 4. The van der Waals surface area contributed by atoms with Crippen molar-refractivity contribution in [3.8, 4) is 35.1 Å². The van der Waals surface area contributed by atoms with Gasteiger partial charge in [-0.25, -0.2) is 9.97 Å². The van der Waals surface area contributed by atoms with E-state index in [-0.39, 0.29) is 13.2 Å². The van der Waals surface area contributed by atoms with Gasteiger partial charge in [-0.05, 0) is 60.7 Å². The lowest BCUT2D eigenvalue weighted by Gasteiger charge is -2.15. The Hall–Kier alpha value is -4.82. The first-order valence-corrected chi connectivity index (χ1v) is 10.3. The van der Waals surface area contributed by atoms with Gasteiger partial charge in [0.25, 0.3) is 0 Å². The third-order valence-electron chi connectivity index (χ3n) is 5.06. The molecule has 8 heteroatoms. The SMILES string of the molecule is COc1ccc(OC)c2nc(COc3ccc(C#N)cc3)c(COc3ccc(C#N)cc3)nc12. The van der Waals surface area contributed by atoms with Crippen LogP contribution < -0.4 is 18.9 Å². The molecule has 1 heterocycles. The topological polar surface area (TPSA) is 110 Å². The highest BCUT2D eigenvalue weighted by Crippen LogP contribution is 2.31. The van der Waals surface area contributed by atoms with Crippen molar-refractivity contribution in [2.45, 2.75) is 13.2 Å². The van der Waals surface area contributed by atoms with E-state index < -0.39 is 0 Å². The molecule has 0 aliphatic rings. The van der Waals surface area contributed by atoms with E-state index in [1.165, 1.54) is 0 Å². The second kappa shape index (κ2) is 10.2. The Kier molecular flexibility index (Phi) is 6.71. The average Bonchev–Trinajstić information content (AvgIpc) is 2.90. The van der Waals surface area contributed by atoms with Crippen LogP contribution in [0.2, 0.25) is 0 Å². The summed E-state index contributed by atoms with van der Waals surface area (Å²) in [4.78, 5) is 9.55. The number of aromatic nitrogens is 2. The van der Waals surface area contributed by atoms with Crippen molar-refractivity contribution in [3.05, 3.63) is 83.2 Å². The molecule has 8 nitrogen and oxygen atoms in total. The average molecular weight is 452 g/mol. The number of rotatable bonds is 8. The number of nitriles is 2. The highest BCUT2D eigenvalue weighted by atomic mass is 16.5. The summed E-state index contributed by atoms with van der Waals surface area (Å²) in [6.07, 6.45) is 0. The Morgan fingerprint density at radius 2 is 1.00 bits per heavy atom. The number of hydrogen-bond acceptors (Lipinski definition) is 8. The number of nitrogens with zero attached hydrogens (tertiary/aromatic N) is 4. The number of fused-ring (bicyclic) bond motifs is 1. The molecular weight excluding hydrogens is 432 g/mol. The van der Waals surface area contributed by atoms with Crippen molar-refractivity contribution in [1.29, 1.82) is 10.5 Å². The molecule has 0 saturated heterocycles. The lowest BCUT2D eigenvalue weighted by Crippen LogP contribution is -2.10. The van der Waals surface area contributed by atoms with E-state index in [1.807, 2.05) is 0 Å². The molecule has 1 aromatic heterocycles. The second-order valence-corrected chi connectivity index (χ2v) is 7.13. The summed E-state index contributed by atoms with van der Waals surface area (Å²) in [6.45, 7) is 0.253. The molecular formula is C26H20N4O4. The van der Waals surface area contributed by atoms with Crippen LogP contribution in [0.4, 0.5) is 0 Å². The lowest BCUT2D eigenvalue weighted by molar-refractivity contribution is 0.277. The van der Waals surface area contributed by atoms with Crippen LogP contribution >= 0.6 is 0 Å².